The van der Waals surface area contributed by atoms with Gasteiger partial charge in [-0.25, -0.2) is 9.78 Å². The SMILES string of the molecule is COC(=O)[C@@H]1Cc2cn(cn2)-c2[nH]c3cc4ccc3c2C[C@H](NC(=O)[C@@H](C(C)C)NC(=O)[C@@H](CC(C)C)NC(=O)[C@H](NC(=O)[C@@H]2CCC(=O)N2)[C@H]4C(C)C)C(=O)N[C@H](CCCN=C(N)N)C(=O)NCC(=O)N1. The largest absolute Gasteiger partial charge is 0.467 e. The fraction of sp³-hybridized carbons (Fsp3) is 0.562. The van der Waals surface area contributed by atoms with Crippen LogP contribution in [0.2, 0.25) is 0 Å². The van der Waals surface area contributed by atoms with Crippen molar-refractivity contribution in [3.8, 4) is 5.82 Å². The summed E-state index contributed by atoms with van der Waals surface area (Å²) < 4.78 is 6.62. The van der Waals surface area contributed by atoms with E-state index in [1.807, 2.05) is 33.8 Å². The summed E-state index contributed by atoms with van der Waals surface area (Å²) in [4.78, 5) is 137. The number of hydrogen-bond acceptors (Lipinski definition) is 12. The van der Waals surface area contributed by atoms with Crippen LogP contribution in [0.1, 0.15) is 96.4 Å². The molecule has 8 amide bonds. The van der Waals surface area contributed by atoms with E-state index in [9.17, 15) is 43.2 Å². The predicted molar refractivity (Wildman–Crippen MR) is 262 cm³/mol. The lowest BCUT2D eigenvalue weighted by molar-refractivity contribution is -0.145. The first-order valence-electron chi connectivity index (χ1n) is 24.3. The minimum absolute atomic E-state index is 0.0124. The number of nitrogens with one attached hydrogen (secondary N) is 9. The third-order valence-electron chi connectivity index (χ3n) is 13.0. The number of carbonyl (C=O) groups excluding carboxylic acids is 9. The first-order valence-corrected chi connectivity index (χ1v) is 24.3. The summed E-state index contributed by atoms with van der Waals surface area (Å²) in [5.41, 5.74) is 13.0. The molecule has 0 unspecified atom stereocenters. The predicted octanol–water partition coefficient (Wildman–Crippen LogP) is -1.56. The van der Waals surface area contributed by atoms with Gasteiger partial charge in [-0.15, -0.1) is 0 Å². The highest BCUT2D eigenvalue weighted by atomic mass is 16.5. The summed E-state index contributed by atoms with van der Waals surface area (Å²) >= 11 is 0. The number of hydrogen-bond donors (Lipinski definition) is 11. The molecule has 1 aromatic carbocycles. The minimum Gasteiger partial charge on any atom is -0.467 e. The molecule has 13 N–H and O–H groups in total. The third kappa shape index (κ3) is 13.3. The highest BCUT2D eigenvalue weighted by Gasteiger charge is 2.40. The van der Waals surface area contributed by atoms with Crippen molar-refractivity contribution in [3.63, 3.8) is 0 Å². The molecule has 24 nitrogen and oxygen atoms in total. The molecule has 72 heavy (non-hydrogen) atoms. The zero-order valence-corrected chi connectivity index (χ0v) is 41.7. The Morgan fingerprint density at radius 2 is 1.56 bits per heavy atom. The lowest BCUT2D eigenvalue weighted by atomic mass is 9.81. The fourth-order valence-corrected chi connectivity index (χ4v) is 9.38. The lowest BCUT2D eigenvalue weighted by Gasteiger charge is -2.33. The Morgan fingerprint density at radius 3 is 2.21 bits per heavy atom. The van der Waals surface area contributed by atoms with E-state index in [2.05, 4.69) is 57.5 Å². The molecule has 1 saturated heterocycles. The van der Waals surface area contributed by atoms with Gasteiger partial charge < -0.3 is 63.7 Å². The number of ether oxygens (including phenoxy) is 1. The molecular weight excluding hydrogens is 933 g/mol. The Bertz CT molecular complexity index is 2580. The van der Waals surface area contributed by atoms with Crippen LogP contribution in [0.25, 0.3) is 16.7 Å². The summed E-state index contributed by atoms with van der Waals surface area (Å²) in [5, 5.41) is 22.6. The van der Waals surface area contributed by atoms with Gasteiger partial charge in [0.2, 0.25) is 47.3 Å². The number of aromatic amines is 1. The van der Waals surface area contributed by atoms with Crippen LogP contribution in [0.15, 0.2) is 35.7 Å². The topological polar surface area (TPSA) is 357 Å². The van der Waals surface area contributed by atoms with Crippen LogP contribution < -0.4 is 54.0 Å². The number of nitrogens with zero attached hydrogens (tertiary/aromatic N) is 3. The number of H-pyrrole nitrogens is 1. The molecule has 0 spiro atoms. The number of rotatable bonds is 11. The van der Waals surface area contributed by atoms with Gasteiger partial charge in [0.05, 0.1) is 19.3 Å². The Kier molecular flexibility index (Phi) is 17.6. The number of nitrogens with two attached hydrogens (primary N) is 2. The molecule has 4 aliphatic heterocycles. The van der Waals surface area contributed by atoms with E-state index < -0.39 is 108 Å². The van der Waals surface area contributed by atoms with E-state index in [-0.39, 0.29) is 75.2 Å². The van der Waals surface area contributed by atoms with Crippen LogP contribution in [0.3, 0.4) is 0 Å². The number of guanidine groups is 1. The molecule has 1 fully saturated rings. The van der Waals surface area contributed by atoms with Crippen LogP contribution in [-0.4, -0.2) is 136 Å². The van der Waals surface area contributed by atoms with E-state index in [1.165, 1.54) is 13.4 Å². The fourth-order valence-electron chi connectivity index (χ4n) is 9.38. The van der Waals surface area contributed by atoms with E-state index in [4.69, 9.17) is 16.2 Å². The number of methoxy groups -OCH3 is 1. The van der Waals surface area contributed by atoms with Gasteiger partial charge in [0, 0.05) is 54.4 Å². The number of fused-ring (bicyclic) bond motifs is 13. The van der Waals surface area contributed by atoms with E-state index in [0.717, 1.165) is 0 Å². The van der Waals surface area contributed by atoms with Crippen molar-refractivity contribution in [2.75, 3.05) is 20.2 Å². The molecule has 24 heteroatoms. The van der Waals surface area contributed by atoms with Gasteiger partial charge in [0.25, 0.3) is 0 Å². The average molecular weight is 1000 g/mol. The summed E-state index contributed by atoms with van der Waals surface area (Å²) in [6, 6.07) is -3.13. The van der Waals surface area contributed by atoms with Crippen molar-refractivity contribution >= 4 is 70.1 Å². The smallest absolute Gasteiger partial charge is 0.328 e. The standard InChI is InChI=1S/C48H68N14O10/c1-22(2)15-32-44(68)60-38(24(5)6)45(69)59-33-18-28-27-11-10-25(37(23(3)4)39(46(70)58-32)61-42(66)30-12-13-35(63)54-30)16-31(27)56-40(28)62-20-26(53-21-62)17-34(47(71)72-7)55-36(64)19-52-41(65)29(57-43(33)67)9-8-14-51-48(49)50/h10-11,16,20-24,29-30,32-34,37-39,56H,8-9,12-15,17-19H2,1-7H3,(H,52,65)(H,54,63)(H,55,64)(H,57,67)(H,58,70)(H,59,69)(H,60,68)(H,61,66)(H4,49,50,51)/t29-,30+,32-,33+,34+,37+,38-,39-/m1/s1. The Hall–Kier alpha value is -7.53. The molecule has 0 radical (unpaired) electrons. The van der Waals surface area contributed by atoms with Gasteiger partial charge in [0.1, 0.15) is 54.4 Å². The second-order valence-corrected chi connectivity index (χ2v) is 19.7. The number of aromatic nitrogens is 3. The Morgan fingerprint density at radius 1 is 0.833 bits per heavy atom. The Balaban J connectivity index is 1.57. The molecule has 7 rings (SSSR count). The number of benzene rings is 1. The van der Waals surface area contributed by atoms with Gasteiger partial charge in [-0.3, -0.25) is 47.9 Å². The van der Waals surface area contributed by atoms with Crippen molar-refractivity contribution in [2.24, 2.45) is 34.2 Å². The van der Waals surface area contributed by atoms with Gasteiger partial charge in [-0.1, -0.05) is 53.7 Å². The molecule has 390 valence electrons. The second kappa shape index (κ2) is 23.6. The lowest BCUT2D eigenvalue weighted by Crippen LogP contribution is -2.61. The van der Waals surface area contributed by atoms with Crippen molar-refractivity contribution in [1.82, 2.24) is 57.1 Å². The van der Waals surface area contributed by atoms with Crippen LogP contribution in [0.5, 0.6) is 0 Å². The number of carbonyl (C=O) groups is 9. The van der Waals surface area contributed by atoms with Crippen LogP contribution in [-0.2, 0) is 60.7 Å². The van der Waals surface area contributed by atoms with Crippen LogP contribution in [0.4, 0.5) is 0 Å². The zero-order chi connectivity index (χ0) is 52.6. The summed E-state index contributed by atoms with van der Waals surface area (Å²) in [6.07, 6.45) is 3.47. The van der Waals surface area contributed by atoms with Gasteiger partial charge in [-0.05, 0) is 55.1 Å². The number of esters is 1. The number of imidazole rings is 1. The van der Waals surface area contributed by atoms with E-state index >= 15 is 0 Å². The highest BCUT2D eigenvalue weighted by Crippen LogP contribution is 2.35. The summed E-state index contributed by atoms with van der Waals surface area (Å²) in [6.45, 7) is 10.4. The normalized spacial score (nSPS) is 24.7. The maximum atomic E-state index is 14.9. The molecule has 8 atom stereocenters. The first-order chi connectivity index (χ1) is 34.1. The van der Waals surface area contributed by atoms with Crippen LogP contribution in [0, 0.1) is 17.8 Å². The molecule has 0 aliphatic carbocycles. The molecule has 0 saturated carbocycles. The molecule has 3 aromatic rings. The maximum Gasteiger partial charge on any atom is 0.328 e. The van der Waals surface area contributed by atoms with E-state index in [0.29, 0.717) is 33.5 Å². The molecule has 6 heterocycles. The maximum absolute atomic E-state index is 14.9. The van der Waals surface area contributed by atoms with Crippen molar-refractivity contribution in [3.05, 3.63) is 47.5 Å². The Labute approximate surface area is 416 Å². The monoisotopic (exact) mass is 1000 g/mol. The third-order valence-corrected chi connectivity index (χ3v) is 13.0. The number of aliphatic imine (C=N–C) groups is 1. The van der Waals surface area contributed by atoms with Gasteiger partial charge in [0.15, 0.2) is 5.96 Å². The molecule has 2 aromatic heterocycles. The minimum atomic E-state index is -1.42. The van der Waals surface area contributed by atoms with Gasteiger partial charge >= 0.3 is 5.97 Å². The molecular formula is C48H68N14O10. The molecule has 7 bridgehead atoms. The second-order valence-electron chi connectivity index (χ2n) is 19.7. The summed E-state index contributed by atoms with van der Waals surface area (Å²) in [5.74, 6) is -7.58. The quantitative estimate of drug-likeness (QED) is 0.0341. The highest BCUT2D eigenvalue weighted by molar-refractivity contribution is 5.99. The van der Waals surface area contributed by atoms with Gasteiger partial charge in [-0.2, -0.15) is 0 Å². The average Bonchev–Trinajstić information content (AvgIpc) is 4.07. The summed E-state index contributed by atoms with van der Waals surface area (Å²) in [7, 11) is 1.17. The van der Waals surface area contributed by atoms with Crippen molar-refractivity contribution in [1.29, 1.82) is 0 Å². The first kappa shape index (κ1) is 53.8. The van der Waals surface area contributed by atoms with E-state index in [1.54, 1.807) is 36.7 Å². The number of amides is 8. The van der Waals surface area contributed by atoms with Crippen molar-refractivity contribution < 1.29 is 47.9 Å². The molecule has 4 aliphatic rings. The van der Waals surface area contributed by atoms with Crippen LogP contribution >= 0.6 is 0 Å². The van der Waals surface area contributed by atoms with Crippen molar-refractivity contribution in [2.45, 2.75) is 135 Å². The zero-order valence-electron chi connectivity index (χ0n) is 41.7.